The van der Waals surface area contributed by atoms with Crippen LogP contribution >= 0.6 is 7.60 Å². The average Bonchev–Trinajstić information content (AvgIpc) is 2.24. The molecule has 0 atom stereocenters. The Morgan fingerprint density at radius 2 is 1.60 bits per heavy atom. The van der Waals surface area contributed by atoms with Crippen molar-refractivity contribution in [1.82, 2.24) is 0 Å². The highest BCUT2D eigenvalue weighted by atomic mass is 31.2. The molecule has 1 N–H and O–H groups in total. The van der Waals surface area contributed by atoms with Crippen molar-refractivity contribution in [3.63, 3.8) is 0 Å². The van der Waals surface area contributed by atoms with Crippen LogP contribution in [0.4, 0.5) is 0 Å². The third kappa shape index (κ3) is 7.97. The van der Waals surface area contributed by atoms with Crippen LogP contribution in [-0.2, 0) is 13.6 Å². The van der Waals surface area contributed by atoms with E-state index in [1.165, 1.54) is 0 Å². The largest absolute Gasteiger partial charge is 0.396 e. The second-order valence-electron chi connectivity index (χ2n) is 3.43. The first-order chi connectivity index (χ1) is 7.18. The van der Waals surface area contributed by atoms with E-state index in [2.05, 4.69) is 0 Å². The Kier molecular flexibility index (Phi) is 9.41. The van der Waals surface area contributed by atoms with Crippen LogP contribution in [0.1, 0.15) is 39.5 Å². The Labute approximate surface area is 92.5 Å². The Hall–Kier alpha value is 0.110. The van der Waals surface area contributed by atoms with Gasteiger partial charge < -0.3 is 14.2 Å². The Morgan fingerprint density at radius 3 is 2.00 bits per heavy atom. The van der Waals surface area contributed by atoms with Crippen LogP contribution in [0.25, 0.3) is 0 Å². The minimum Gasteiger partial charge on any atom is -0.396 e. The topological polar surface area (TPSA) is 55.8 Å². The van der Waals surface area contributed by atoms with Gasteiger partial charge >= 0.3 is 7.60 Å². The van der Waals surface area contributed by atoms with Crippen molar-refractivity contribution in [2.24, 2.45) is 0 Å². The molecule has 5 heteroatoms. The summed E-state index contributed by atoms with van der Waals surface area (Å²) in [5.41, 5.74) is 0. The highest BCUT2D eigenvalue weighted by Crippen LogP contribution is 2.49. The van der Waals surface area contributed by atoms with Gasteiger partial charge in [-0.05, 0) is 25.7 Å². The fourth-order valence-electron chi connectivity index (χ4n) is 1.04. The van der Waals surface area contributed by atoms with Crippen LogP contribution in [-0.4, -0.2) is 31.1 Å². The second-order valence-corrected chi connectivity index (χ2v) is 5.62. The SMILES string of the molecule is CCCOP(=O)(CCCCO)OCCC. The van der Waals surface area contributed by atoms with Crippen molar-refractivity contribution in [3.05, 3.63) is 0 Å². The van der Waals surface area contributed by atoms with E-state index in [0.717, 1.165) is 12.8 Å². The van der Waals surface area contributed by atoms with Crippen LogP contribution in [0, 0.1) is 0 Å². The Morgan fingerprint density at radius 1 is 1.07 bits per heavy atom. The van der Waals surface area contributed by atoms with E-state index in [-0.39, 0.29) is 6.61 Å². The van der Waals surface area contributed by atoms with Gasteiger partial charge in [0.05, 0.1) is 19.4 Å². The minimum absolute atomic E-state index is 0.127. The predicted molar refractivity (Wildman–Crippen MR) is 61.3 cm³/mol. The molecule has 0 aliphatic rings. The highest BCUT2D eigenvalue weighted by Gasteiger charge is 2.22. The monoisotopic (exact) mass is 238 g/mol. The molecule has 0 aromatic heterocycles. The number of rotatable bonds is 10. The first-order valence-electron chi connectivity index (χ1n) is 5.67. The van der Waals surface area contributed by atoms with E-state index in [1.807, 2.05) is 13.8 Å². The van der Waals surface area contributed by atoms with Crippen molar-refractivity contribution in [1.29, 1.82) is 0 Å². The van der Waals surface area contributed by atoms with Crippen LogP contribution in [0.15, 0.2) is 0 Å². The first kappa shape index (κ1) is 15.1. The third-order valence-corrected chi connectivity index (χ3v) is 3.84. The molecule has 0 heterocycles. The maximum Gasteiger partial charge on any atom is 0.330 e. The number of unbranched alkanes of at least 4 members (excludes halogenated alkanes) is 1. The van der Waals surface area contributed by atoms with Crippen LogP contribution in [0.2, 0.25) is 0 Å². The molecule has 0 unspecified atom stereocenters. The highest BCUT2D eigenvalue weighted by molar-refractivity contribution is 7.53. The van der Waals surface area contributed by atoms with E-state index in [9.17, 15) is 4.57 Å². The summed E-state index contributed by atoms with van der Waals surface area (Å²) in [6, 6.07) is 0. The fourth-order valence-corrected chi connectivity index (χ4v) is 2.91. The Balaban J connectivity index is 3.96. The van der Waals surface area contributed by atoms with Gasteiger partial charge in [-0.2, -0.15) is 0 Å². The summed E-state index contributed by atoms with van der Waals surface area (Å²) in [6.07, 6.45) is 3.41. The first-order valence-corrected chi connectivity index (χ1v) is 7.40. The lowest BCUT2D eigenvalue weighted by atomic mass is 10.4. The van der Waals surface area contributed by atoms with Crippen molar-refractivity contribution in [2.75, 3.05) is 26.0 Å². The van der Waals surface area contributed by atoms with E-state index in [0.29, 0.717) is 32.2 Å². The zero-order valence-electron chi connectivity index (χ0n) is 9.78. The lowest BCUT2D eigenvalue weighted by Crippen LogP contribution is -2.03. The van der Waals surface area contributed by atoms with Gasteiger partial charge in [0.2, 0.25) is 0 Å². The molecule has 0 amide bonds. The molecule has 0 fully saturated rings. The maximum absolute atomic E-state index is 12.1. The summed E-state index contributed by atoms with van der Waals surface area (Å²) in [5, 5.41) is 8.64. The molecular formula is C10H23O4P. The molecule has 15 heavy (non-hydrogen) atoms. The zero-order valence-corrected chi connectivity index (χ0v) is 10.7. The predicted octanol–water partition coefficient (Wildman–Crippen LogP) is 2.81. The molecule has 0 aliphatic heterocycles. The molecule has 4 nitrogen and oxygen atoms in total. The summed E-state index contributed by atoms with van der Waals surface area (Å²) in [6.45, 7) is 5.01. The van der Waals surface area contributed by atoms with Gasteiger partial charge in [0.1, 0.15) is 0 Å². The fraction of sp³-hybridized carbons (Fsp3) is 1.00. The molecule has 92 valence electrons. The normalized spacial score (nSPS) is 11.9. The molecular weight excluding hydrogens is 215 g/mol. The molecule has 0 aliphatic carbocycles. The summed E-state index contributed by atoms with van der Waals surface area (Å²) in [5.74, 6) is 0. The van der Waals surface area contributed by atoms with Crippen molar-refractivity contribution < 1.29 is 18.7 Å². The zero-order chi connectivity index (χ0) is 11.6. The Bertz CT molecular complexity index is 172. The van der Waals surface area contributed by atoms with Crippen LogP contribution in [0.3, 0.4) is 0 Å². The summed E-state index contributed by atoms with van der Waals surface area (Å²) in [4.78, 5) is 0. The lowest BCUT2D eigenvalue weighted by Gasteiger charge is -2.17. The van der Waals surface area contributed by atoms with Crippen LogP contribution < -0.4 is 0 Å². The van der Waals surface area contributed by atoms with Gasteiger partial charge in [0, 0.05) is 6.61 Å². The minimum atomic E-state index is -2.89. The summed E-state index contributed by atoms with van der Waals surface area (Å²) >= 11 is 0. The summed E-state index contributed by atoms with van der Waals surface area (Å²) < 4.78 is 22.6. The van der Waals surface area contributed by atoms with Gasteiger partial charge in [-0.15, -0.1) is 0 Å². The van der Waals surface area contributed by atoms with E-state index < -0.39 is 7.60 Å². The molecule has 0 spiro atoms. The number of hydrogen-bond donors (Lipinski definition) is 1. The molecule has 0 bridgehead atoms. The van der Waals surface area contributed by atoms with E-state index >= 15 is 0 Å². The van der Waals surface area contributed by atoms with E-state index in [4.69, 9.17) is 14.2 Å². The lowest BCUT2D eigenvalue weighted by molar-refractivity contribution is 0.203. The maximum atomic E-state index is 12.1. The van der Waals surface area contributed by atoms with Gasteiger partial charge in [-0.25, -0.2) is 0 Å². The van der Waals surface area contributed by atoms with Crippen LogP contribution in [0.5, 0.6) is 0 Å². The van der Waals surface area contributed by atoms with Gasteiger partial charge in [-0.3, -0.25) is 4.57 Å². The van der Waals surface area contributed by atoms with Gasteiger partial charge in [0.15, 0.2) is 0 Å². The molecule has 0 aromatic carbocycles. The third-order valence-electron chi connectivity index (χ3n) is 1.82. The number of aliphatic hydroxyl groups excluding tert-OH is 1. The second kappa shape index (κ2) is 9.34. The van der Waals surface area contributed by atoms with Gasteiger partial charge in [0.25, 0.3) is 0 Å². The van der Waals surface area contributed by atoms with Gasteiger partial charge in [-0.1, -0.05) is 13.8 Å². The van der Waals surface area contributed by atoms with Crippen molar-refractivity contribution >= 4 is 7.60 Å². The standard InChI is InChI=1S/C10H23O4P/c1-3-8-13-15(12,14-9-4-2)10-6-5-7-11/h11H,3-10H2,1-2H3. The smallest absolute Gasteiger partial charge is 0.330 e. The number of aliphatic hydroxyl groups is 1. The quantitative estimate of drug-likeness (QED) is 0.469. The molecule has 0 saturated heterocycles. The molecule has 0 saturated carbocycles. The molecule has 0 aromatic rings. The number of hydrogen-bond acceptors (Lipinski definition) is 4. The van der Waals surface area contributed by atoms with E-state index in [1.54, 1.807) is 0 Å². The van der Waals surface area contributed by atoms with Crippen molar-refractivity contribution in [3.8, 4) is 0 Å². The summed E-state index contributed by atoms with van der Waals surface area (Å²) in [7, 11) is -2.89. The molecule has 0 radical (unpaired) electrons. The average molecular weight is 238 g/mol. The van der Waals surface area contributed by atoms with Crippen molar-refractivity contribution in [2.45, 2.75) is 39.5 Å². The molecule has 0 rings (SSSR count).